The van der Waals surface area contributed by atoms with Gasteiger partial charge in [0.15, 0.2) is 0 Å². The number of nitrogens with zero attached hydrogens (tertiary/aromatic N) is 3. The summed E-state index contributed by atoms with van der Waals surface area (Å²) in [6.07, 6.45) is 0.135. The predicted octanol–water partition coefficient (Wildman–Crippen LogP) is 2.59. The van der Waals surface area contributed by atoms with E-state index in [2.05, 4.69) is 16.7 Å². The molecule has 0 bridgehead atoms. The van der Waals surface area contributed by atoms with Crippen LogP contribution in [-0.2, 0) is 9.59 Å². The topological polar surface area (TPSA) is 107 Å². The molecular weight excluding hydrogens is 463 g/mol. The number of alkyl halides is 1. The second-order valence-corrected chi connectivity index (χ2v) is 9.84. The molecule has 1 spiro atoms. The maximum Gasteiger partial charge on any atom is 0.267 e. The van der Waals surface area contributed by atoms with Crippen molar-refractivity contribution in [2.45, 2.75) is 50.9 Å². The monoisotopic (exact) mass is 489 g/mol. The lowest BCUT2D eigenvalue weighted by Crippen LogP contribution is -2.44. The van der Waals surface area contributed by atoms with E-state index in [0.29, 0.717) is 19.0 Å². The highest BCUT2D eigenvalue weighted by Crippen LogP contribution is 2.43. The Bertz CT molecular complexity index is 1260. The summed E-state index contributed by atoms with van der Waals surface area (Å²) in [5.74, 6) is -3.50. The molecule has 2 saturated heterocycles. The molecule has 1 aromatic heterocycles. The summed E-state index contributed by atoms with van der Waals surface area (Å²) in [5, 5.41) is 14.8. The van der Waals surface area contributed by atoms with Crippen LogP contribution >= 0.6 is 0 Å². The molecule has 2 aliphatic heterocycles. The van der Waals surface area contributed by atoms with Gasteiger partial charge >= 0.3 is 0 Å². The lowest BCUT2D eigenvalue weighted by Gasteiger charge is -2.31. The molecule has 3 heterocycles. The Kier molecular flexibility index (Phi) is 6.03. The fraction of sp³-hybridized carbons (Fsp3) is 0.500. The van der Waals surface area contributed by atoms with Crippen molar-refractivity contribution in [3.05, 3.63) is 35.5 Å². The molecule has 0 radical (unpaired) electrons. The molecule has 2 fully saturated rings. The average molecular weight is 489 g/mol. The van der Waals surface area contributed by atoms with E-state index in [1.807, 2.05) is 0 Å². The molecule has 8 nitrogen and oxygen atoms in total. The van der Waals surface area contributed by atoms with Crippen LogP contribution < -0.4 is 10.6 Å². The van der Waals surface area contributed by atoms with Crippen molar-refractivity contribution in [1.82, 2.24) is 20.1 Å². The van der Waals surface area contributed by atoms with Crippen molar-refractivity contribution in [2.75, 3.05) is 20.1 Å². The third kappa shape index (κ3) is 4.22. The largest absolute Gasteiger partial charge is 0.356 e. The van der Waals surface area contributed by atoms with Crippen LogP contribution in [0.4, 0.5) is 13.2 Å². The van der Waals surface area contributed by atoms with Crippen LogP contribution in [0, 0.1) is 28.4 Å². The number of aromatic nitrogens is 1. The van der Waals surface area contributed by atoms with E-state index in [4.69, 9.17) is 0 Å². The normalized spacial score (nSPS) is 22.9. The molecule has 11 heteroatoms. The van der Waals surface area contributed by atoms with E-state index in [0.717, 1.165) is 10.6 Å². The van der Waals surface area contributed by atoms with Crippen LogP contribution in [0.25, 0.3) is 10.9 Å². The van der Waals surface area contributed by atoms with Crippen LogP contribution in [0.5, 0.6) is 0 Å². The molecule has 3 atom stereocenters. The number of fused-ring (bicyclic) bond motifs is 1. The van der Waals surface area contributed by atoms with Gasteiger partial charge < -0.3 is 20.1 Å². The zero-order valence-electron chi connectivity index (χ0n) is 19.6. The zero-order valence-corrected chi connectivity index (χ0v) is 19.6. The highest BCUT2D eigenvalue weighted by molar-refractivity contribution is 6.00. The van der Waals surface area contributed by atoms with Gasteiger partial charge in [0, 0.05) is 38.0 Å². The number of amides is 3. The number of benzene rings is 1. The van der Waals surface area contributed by atoms with Gasteiger partial charge in [0.25, 0.3) is 5.91 Å². The Morgan fingerprint density at radius 3 is 2.63 bits per heavy atom. The molecule has 0 unspecified atom stereocenters. The second kappa shape index (κ2) is 8.59. The first-order valence-corrected chi connectivity index (χ1v) is 11.3. The number of hydrogen-bond donors (Lipinski definition) is 2. The number of likely N-dealkylation sites (tertiary alicyclic amines) is 1. The summed E-state index contributed by atoms with van der Waals surface area (Å²) in [6, 6.07) is 2.53. The molecule has 2 N–H and O–H groups in total. The van der Waals surface area contributed by atoms with Gasteiger partial charge in [0.05, 0.1) is 17.0 Å². The van der Waals surface area contributed by atoms with E-state index in [9.17, 15) is 28.4 Å². The third-order valence-electron chi connectivity index (χ3n) is 6.84. The number of rotatable bonds is 5. The summed E-state index contributed by atoms with van der Waals surface area (Å²) in [6.45, 7) is 2.87. The fourth-order valence-corrected chi connectivity index (χ4v) is 5.22. The molecule has 1 aromatic carbocycles. The summed E-state index contributed by atoms with van der Waals surface area (Å²) >= 11 is 0. The first-order chi connectivity index (χ1) is 16.4. The van der Waals surface area contributed by atoms with Gasteiger partial charge in [-0.25, -0.2) is 13.2 Å². The molecule has 35 heavy (non-hydrogen) atoms. The van der Waals surface area contributed by atoms with Crippen molar-refractivity contribution in [3.63, 3.8) is 0 Å². The van der Waals surface area contributed by atoms with Crippen molar-refractivity contribution in [1.29, 1.82) is 5.26 Å². The number of carbonyl (C=O) groups is 3. The van der Waals surface area contributed by atoms with Crippen LogP contribution in [0.2, 0.25) is 0 Å². The average Bonchev–Trinajstić information content (AvgIpc) is 3.46. The minimum atomic E-state index is -1.92. The van der Waals surface area contributed by atoms with Gasteiger partial charge in [-0.2, -0.15) is 5.26 Å². The van der Waals surface area contributed by atoms with Crippen LogP contribution in [0.1, 0.15) is 49.6 Å². The smallest absolute Gasteiger partial charge is 0.267 e. The second-order valence-electron chi connectivity index (χ2n) is 9.84. The van der Waals surface area contributed by atoms with E-state index >= 15 is 4.39 Å². The van der Waals surface area contributed by atoms with E-state index in [-0.39, 0.29) is 35.5 Å². The minimum Gasteiger partial charge on any atom is -0.356 e. The number of nitrogens with one attached hydrogen (secondary N) is 2. The molecular formula is C24H26F3N5O3. The Morgan fingerprint density at radius 1 is 1.34 bits per heavy atom. The van der Waals surface area contributed by atoms with E-state index < -0.39 is 53.0 Å². The van der Waals surface area contributed by atoms with Crippen molar-refractivity contribution < 1.29 is 27.6 Å². The maximum absolute atomic E-state index is 15.0. The fourth-order valence-electron chi connectivity index (χ4n) is 5.22. The summed E-state index contributed by atoms with van der Waals surface area (Å²) in [7, 11) is 1.34. The molecule has 0 saturated carbocycles. The molecule has 186 valence electrons. The van der Waals surface area contributed by atoms with Crippen molar-refractivity contribution in [2.24, 2.45) is 5.41 Å². The third-order valence-corrected chi connectivity index (χ3v) is 6.84. The van der Waals surface area contributed by atoms with Crippen molar-refractivity contribution >= 4 is 28.6 Å². The van der Waals surface area contributed by atoms with Gasteiger partial charge in [-0.1, -0.05) is 0 Å². The van der Waals surface area contributed by atoms with Gasteiger partial charge in [0.1, 0.15) is 35.1 Å². The highest BCUT2D eigenvalue weighted by atomic mass is 19.1. The lowest BCUT2D eigenvalue weighted by molar-refractivity contribution is -0.136. The van der Waals surface area contributed by atoms with Crippen molar-refractivity contribution in [3.8, 4) is 6.07 Å². The first-order valence-electron chi connectivity index (χ1n) is 11.3. The molecule has 2 aromatic rings. The minimum absolute atomic E-state index is 0.0453. The number of hydrogen-bond acceptors (Lipinski definition) is 4. The summed E-state index contributed by atoms with van der Waals surface area (Å²) in [5.41, 5.74) is -3.10. The van der Waals surface area contributed by atoms with Gasteiger partial charge in [0.2, 0.25) is 11.8 Å². The predicted molar refractivity (Wildman–Crippen MR) is 120 cm³/mol. The Morgan fingerprint density at radius 2 is 2.06 bits per heavy atom. The Balaban J connectivity index is 1.88. The summed E-state index contributed by atoms with van der Waals surface area (Å²) in [4.78, 5) is 40.4. The standard InChI is InChI=1S/C24H26F3N5O3/c1-23(2,27)10-19(21(34)31-12-24(9-14(31)11-28)4-5-30-22(24)35)32-17-7-13(25)6-16(26)15(17)8-18(32)20(33)29-3/h6-8,14,19H,4-5,9-10,12H2,1-3H3,(H,29,33)(H,30,35)/t14-,19-,24-/m0/s1. The highest BCUT2D eigenvalue weighted by Gasteiger charge is 2.54. The summed E-state index contributed by atoms with van der Waals surface area (Å²) < 4.78 is 45.0. The molecule has 3 amide bonds. The Labute approximate surface area is 200 Å². The van der Waals surface area contributed by atoms with Crippen LogP contribution in [-0.4, -0.2) is 59.0 Å². The van der Waals surface area contributed by atoms with Crippen LogP contribution in [0.15, 0.2) is 18.2 Å². The maximum atomic E-state index is 15.0. The lowest BCUT2D eigenvalue weighted by atomic mass is 9.84. The van der Waals surface area contributed by atoms with Crippen LogP contribution in [0.3, 0.4) is 0 Å². The van der Waals surface area contributed by atoms with E-state index in [1.54, 1.807) is 0 Å². The number of carbonyl (C=O) groups excluding carboxylic acids is 3. The quantitative estimate of drug-likeness (QED) is 0.673. The van der Waals surface area contributed by atoms with E-state index in [1.165, 1.54) is 31.9 Å². The SMILES string of the molecule is CNC(=O)c1cc2c(F)cc(F)cc2n1[C@@H](CC(C)(C)F)C(=O)N1C[C@]2(CCNC2=O)C[C@H]1C#N. The van der Waals surface area contributed by atoms with Gasteiger partial charge in [-0.15, -0.1) is 0 Å². The number of halogens is 3. The molecule has 4 rings (SSSR count). The van der Waals surface area contributed by atoms with Gasteiger partial charge in [-0.05, 0) is 38.8 Å². The zero-order chi connectivity index (χ0) is 25.7. The molecule has 0 aliphatic carbocycles. The van der Waals surface area contributed by atoms with Gasteiger partial charge in [-0.3, -0.25) is 14.4 Å². The Hall–Kier alpha value is -3.55. The first kappa shape index (κ1) is 24.6. The number of nitriles is 1. The molecule has 2 aliphatic rings.